The van der Waals surface area contributed by atoms with Crippen LogP contribution in [0.5, 0.6) is 0 Å². The molecule has 2 rings (SSSR count). The van der Waals surface area contributed by atoms with Crippen molar-refractivity contribution in [2.75, 3.05) is 0 Å². The number of thiol groups is 1. The van der Waals surface area contributed by atoms with E-state index in [4.69, 9.17) is 17.0 Å². The first-order valence-electron chi connectivity index (χ1n) is 6.55. The third kappa shape index (κ3) is 7.06. The predicted octanol–water partition coefficient (Wildman–Crippen LogP) is 4.54. The van der Waals surface area contributed by atoms with E-state index in [9.17, 15) is 4.79 Å². The van der Waals surface area contributed by atoms with Crippen LogP contribution in [0.3, 0.4) is 0 Å². The molecule has 0 aliphatic carbocycles. The summed E-state index contributed by atoms with van der Waals surface area (Å²) in [6.45, 7) is 3.94. The van der Waals surface area contributed by atoms with Crippen LogP contribution >= 0.6 is 24.8 Å². The van der Waals surface area contributed by atoms with Crippen molar-refractivity contribution in [1.29, 1.82) is 0 Å². The summed E-state index contributed by atoms with van der Waals surface area (Å²) >= 11 is 8.72. The Kier molecular flexibility index (Phi) is 7.72. The molecule has 0 N–H and O–H groups in total. The summed E-state index contributed by atoms with van der Waals surface area (Å²) in [4.78, 5) is 10.5. The molecule has 0 aliphatic heterocycles. The number of hydrogen-bond acceptors (Lipinski definition) is 3. The van der Waals surface area contributed by atoms with Crippen molar-refractivity contribution in [1.82, 2.24) is 0 Å². The fourth-order valence-electron chi connectivity index (χ4n) is 1.44. The molecule has 2 aromatic rings. The van der Waals surface area contributed by atoms with Crippen molar-refractivity contribution in [3.05, 3.63) is 71.8 Å². The monoisotopic (exact) mass is 318 g/mol. The van der Waals surface area contributed by atoms with E-state index in [0.29, 0.717) is 10.6 Å². The van der Waals surface area contributed by atoms with Gasteiger partial charge in [0.2, 0.25) is 5.12 Å². The molecule has 4 heteroatoms. The first-order chi connectivity index (χ1) is 10.0. The molecular weight excluding hydrogens is 300 g/mol. The fraction of sp³-hybridized carbons (Fsp3) is 0.176. The van der Waals surface area contributed by atoms with Gasteiger partial charge in [0.15, 0.2) is 5.05 Å². The van der Waals surface area contributed by atoms with Crippen LogP contribution in [-0.4, -0.2) is 16.3 Å². The quantitative estimate of drug-likeness (QED) is 0.664. The highest BCUT2D eigenvalue weighted by Gasteiger charge is 2.02. The third-order valence-electron chi connectivity index (χ3n) is 2.37. The molecule has 2 aromatic carbocycles. The average molecular weight is 318 g/mol. The van der Waals surface area contributed by atoms with Crippen LogP contribution in [0.1, 0.15) is 29.8 Å². The summed E-state index contributed by atoms with van der Waals surface area (Å²) in [5.74, 6) is 0. The van der Waals surface area contributed by atoms with E-state index in [1.165, 1.54) is 0 Å². The molecule has 110 valence electrons. The van der Waals surface area contributed by atoms with Crippen molar-refractivity contribution < 1.29 is 9.53 Å². The van der Waals surface area contributed by atoms with Gasteiger partial charge in [-0.2, -0.15) is 0 Å². The minimum Gasteiger partial charge on any atom is -0.480 e. The molecular formula is C17H18O2S2. The second kappa shape index (κ2) is 9.32. The lowest BCUT2D eigenvalue weighted by Crippen LogP contribution is -2.10. The van der Waals surface area contributed by atoms with Crippen LogP contribution in [0.15, 0.2) is 60.7 Å². The third-order valence-corrected chi connectivity index (χ3v) is 2.96. The fourth-order valence-corrected chi connectivity index (χ4v) is 1.91. The Balaban J connectivity index is 0.000000219. The Morgan fingerprint density at radius 3 is 1.71 bits per heavy atom. The predicted molar refractivity (Wildman–Crippen MR) is 94.1 cm³/mol. The maximum atomic E-state index is 10.5. The molecule has 0 atom stereocenters. The molecule has 0 amide bonds. The Morgan fingerprint density at radius 1 is 0.952 bits per heavy atom. The lowest BCUT2D eigenvalue weighted by molar-refractivity contribution is 0.109. The van der Waals surface area contributed by atoms with Crippen LogP contribution < -0.4 is 0 Å². The van der Waals surface area contributed by atoms with Gasteiger partial charge >= 0.3 is 0 Å². The van der Waals surface area contributed by atoms with Gasteiger partial charge in [0.1, 0.15) is 0 Å². The molecule has 0 bridgehead atoms. The summed E-state index contributed by atoms with van der Waals surface area (Å²) in [6, 6.07) is 18.7. The molecule has 0 aromatic heterocycles. The van der Waals surface area contributed by atoms with E-state index in [1.807, 2.05) is 62.4 Å². The van der Waals surface area contributed by atoms with E-state index in [1.54, 1.807) is 12.1 Å². The van der Waals surface area contributed by atoms with Crippen molar-refractivity contribution >= 4 is 35.0 Å². The lowest BCUT2D eigenvalue weighted by atomic mass is 10.2. The molecule has 0 heterocycles. The Morgan fingerprint density at radius 2 is 1.38 bits per heavy atom. The van der Waals surface area contributed by atoms with E-state index in [0.717, 1.165) is 5.56 Å². The number of ether oxygens (including phenoxy) is 1. The van der Waals surface area contributed by atoms with Crippen molar-refractivity contribution in [2.24, 2.45) is 0 Å². The van der Waals surface area contributed by atoms with Crippen LogP contribution in [0.4, 0.5) is 0 Å². The Labute approximate surface area is 136 Å². The van der Waals surface area contributed by atoms with E-state index in [-0.39, 0.29) is 11.2 Å². The largest absolute Gasteiger partial charge is 0.480 e. The van der Waals surface area contributed by atoms with E-state index >= 15 is 0 Å². The number of thiocarbonyl (C=S) groups is 1. The Bertz CT molecular complexity index is 566. The maximum absolute atomic E-state index is 10.5. The van der Waals surface area contributed by atoms with Crippen molar-refractivity contribution in [3.63, 3.8) is 0 Å². The minimum absolute atomic E-state index is 0.151. The Hall–Kier alpha value is -1.65. The summed E-state index contributed by atoms with van der Waals surface area (Å²) < 4.78 is 5.37. The summed E-state index contributed by atoms with van der Waals surface area (Å²) in [6.07, 6.45) is 0.151. The van der Waals surface area contributed by atoms with Gasteiger partial charge in [-0.05, 0) is 26.1 Å². The molecule has 0 radical (unpaired) electrons. The second-order valence-corrected chi connectivity index (χ2v) is 5.27. The molecule has 0 unspecified atom stereocenters. The van der Waals surface area contributed by atoms with Gasteiger partial charge in [-0.15, -0.1) is 12.6 Å². The summed E-state index contributed by atoms with van der Waals surface area (Å²) in [5, 5.41) is 0.390. The number of carbonyl (C=O) groups is 1. The molecule has 0 saturated carbocycles. The van der Waals surface area contributed by atoms with Gasteiger partial charge in [-0.1, -0.05) is 60.7 Å². The lowest BCUT2D eigenvalue weighted by Gasteiger charge is -2.09. The zero-order valence-corrected chi connectivity index (χ0v) is 13.7. The zero-order chi connectivity index (χ0) is 15.7. The van der Waals surface area contributed by atoms with Gasteiger partial charge in [-0.3, -0.25) is 4.79 Å². The first-order valence-corrected chi connectivity index (χ1v) is 7.40. The van der Waals surface area contributed by atoms with Crippen molar-refractivity contribution in [2.45, 2.75) is 20.0 Å². The van der Waals surface area contributed by atoms with Gasteiger partial charge in [0, 0.05) is 11.1 Å². The normalized spacial score (nSPS) is 9.52. The van der Waals surface area contributed by atoms with Gasteiger partial charge in [0.25, 0.3) is 0 Å². The minimum atomic E-state index is -0.185. The second-order valence-electron chi connectivity index (χ2n) is 4.49. The van der Waals surface area contributed by atoms with Gasteiger partial charge < -0.3 is 4.74 Å². The maximum Gasteiger partial charge on any atom is 0.216 e. The van der Waals surface area contributed by atoms with Gasteiger partial charge in [0.05, 0.1) is 6.10 Å². The first kappa shape index (κ1) is 17.4. The standard InChI is InChI=1S/C10H12OS.C7H6OS/c1-8(2)11-10(12)9-6-4-3-5-7-9;8-7(9)6-4-2-1-3-5-6/h3-8H,1-2H3;1-5H,(H,8,9). The number of carbonyl (C=O) groups excluding carboxylic acids is 1. The smallest absolute Gasteiger partial charge is 0.216 e. The molecule has 0 saturated heterocycles. The number of benzene rings is 2. The number of rotatable bonds is 3. The van der Waals surface area contributed by atoms with E-state index < -0.39 is 0 Å². The number of hydrogen-bond donors (Lipinski definition) is 1. The molecule has 21 heavy (non-hydrogen) atoms. The highest BCUT2D eigenvalue weighted by Crippen LogP contribution is 2.04. The highest BCUT2D eigenvalue weighted by molar-refractivity contribution is 7.97. The van der Waals surface area contributed by atoms with Crippen LogP contribution in [-0.2, 0) is 4.74 Å². The molecule has 0 aliphatic rings. The van der Waals surface area contributed by atoms with Crippen molar-refractivity contribution in [3.8, 4) is 0 Å². The molecule has 2 nitrogen and oxygen atoms in total. The van der Waals surface area contributed by atoms with Crippen LogP contribution in [0.2, 0.25) is 0 Å². The topological polar surface area (TPSA) is 26.3 Å². The highest BCUT2D eigenvalue weighted by atomic mass is 32.1. The molecule has 0 spiro atoms. The average Bonchev–Trinajstić information content (AvgIpc) is 2.49. The van der Waals surface area contributed by atoms with Crippen LogP contribution in [0.25, 0.3) is 0 Å². The van der Waals surface area contributed by atoms with Crippen LogP contribution in [0, 0.1) is 0 Å². The van der Waals surface area contributed by atoms with E-state index in [2.05, 4.69) is 12.6 Å². The van der Waals surface area contributed by atoms with Gasteiger partial charge in [-0.25, -0.2) is 0 Å². The summed E-state index contributed by atoms with van der Waals surface area (Å²) in [5.41, 5.74) is 1.61. The summed E-state index contributed by atoms with van der Waals surface area (Å²) in [7, 11) is 0. The zero-order valence-electron chi connectivity index (χ0n) is 12.0. The SMILES string of the molecule is CC(C)OC(=S)c1ccccc1.O=C(S)c1ccccc1. The molecule has 0 fully saturated rings.